The Hall–Kier alpha value is -3.80. The number of nitrogens with zero attached hydrogens (tertiary/aromatic N) is 1. The molecule has 0 unspecified atom stereocenters. The highest BCUT2D eigenvalue weighted by atomic mass is 16.5. The minimum atomic E-state index is -0.961. The molecule has 0 atom stereocenters. The molecule has 0 heterocycles. The maximum Gasteiger partial charge on any atom is 0.335 e. The summed E-state index contributed by atoms with van der Waals surface area (Å²) in [6.45, 7) is 0.457. The molecule has 3 rings (SSSR count). The molecule has 0 aliphatic carbocycles. The summed E-state index contributed by atoms with van der Waals surface area (Å²) in [7, 11) is 1.59. The zero-order valence-corrected chi connectivity index (χ0v) is 15.3. The number of aromatic carboxylic acids is 1. The molecule has 6 nitrogen and oxygen atoms in total. The number of carbonyl (C=O) groups is 1. The second-order valence-electron chi connectivity index (χ2n) is 5.94. The third kappa shape index (κ3) is 5.11. The zero-order valence-electron chi connectivity index (χ0n) is 15.3. The van der Waals surface area contributed by atoms with Crippen LogP contribution in [0.3, 0.4) is 0 Å². The van der Waals surface area contributed by atoms with E-state index in [1.54, 1.807) is 25.5 Å². The van der Waals surface area contributed by atoms with Crippen molar-refractivity contribution in [3.8, 4) is 11.5 Å². The summed E-state index contributed by atoms with van der Waals surface area (Å²) in [5, 5.41) is 13.1. The molecule has 3 aromatic carbocycles. The third-order valence-electron chi connectivity index (χ3n) is 3.96. The Morgan fingerprint density at radius 2 is 1.79 bits per heavy atom. The largest absolute Gasteiger partial charge is 0.493 e. The number of hydrogen-bond donors (Lipinski definition) is 2. The van der Waals surface area contributed by atoms with Crippen LogP contribution in [0.1, 0.15) is 21.5 Å². The molecule has 142 valence electrons. The quantitative estimate of drug-likeness (QED) is 0.449. The fourth-order valence-corrected chi connectivity index (χ4v) is 2.49. The van der Waals surface area contributed by atoms with E-state index in [1.807, 2.05) is 48.5 Å². The first kappa shape index (κ1) is 19.0. The second-order valence-corrected chi connectivity index (χ2v) is 5.94. The average Bonchev–Trinajstić information content (AvgIpc) is 2.73. The molecule has 0 saturated carbocycles. The Kier molecular flexibility index (Phi) is 6.25. The molecule has 0 radical (unpaired) electrons. The van der Waals surface area contributed by atoms with Crippen molar-refractivity contribution in [1.82, 2.24) is 0 Å². The molecule has 0 spiro atoms. The van der Waals surface area contributed by atoms with Crippen LogP contribution in [0.15, 0.2) is 77.9 Å². The van der Waals surface area contributed by atoms with Crippen LogP contribution >= 0.6 is 0 Å². The van der Waals surface area contributed by atoms with Crippen LogP contribution in [-0.4, -0.2) is 24.4 Å². The maximum atomic E-state index is 10.9. The molecule has 2 N–H and O–H groups in total. The summed E-state index contributed by atoms with van der Waals surface area (Å²) in [6, 6.07) is 21.8. The highest BCUT2D eigenvalue weighted by molar-refractivity contribution is 5.88. The zero-order chi connectivity index (χ0) is 19.8. The molecule has 6 heteroatoms. The fraction of sp³-hybridized carbons (Fsp3) is 0.0909. The van der Waals surface area contributed by atoms with E-state index in [-0.39, 0.29) is 5.56 Å². The van der Waals surface area contributed by atoms with E-state index in [2.05, 4.69) is 10.5 Å². The number of carboxylic acids is 1. The lowest BCUT2D eigenvalue weighted by Gasteiger charge is -2.11. The second kappa shape index (κ2) is 9.23. The van der Waals surface area contributed by atoms with Gasteiger partial charge in [-0.1, -0.05) is 30.3 Å². The lowest BCUT2D eigenvalue weighted by Crippen LogP contribution is -1.99. The van der Waals surface area contributed by atoms with Crippen molar-refractivity contribution in [2.75, 3.05) is 12.5 Å². The summed E-state index contributed by atoms with van der Waals surface area (Å²) in [5.74, 6) is 0.308. The molecular weight excluding hydrogens is 356 g/mol. The van der Waals surface area contributed by atoms with Crippen molar-refractivity contribution >= 4 is 17.9 Å². The van der Waals surface area contributed by atoms with E-state index in [0.29, 0.717) is 23.8 Å². The van der Waals surface area contributed by atoms with Gasteiger partial charge in [0.05, 0.1) is 24.6 Å². The fourth-order valence-electron chi connectivity index (χ4n) is 2.49. The lowest BCUT2D eigenvalue weighted by atomic mass is 10.2. The maximum absolute atomic E-state index is 10.9. The number of benzene rings is 3. The Morgan fingerprint density at radius 1 is 1.04 bits per heavy atom. The Balaban J connectivity index is 1.62. The van der Waals surface area contributed by atoms with Gasteiger partial charge in [-0.2, -0.15) is 5.10 Å². The minimum absolute atomic E-state index is 0.227. The van der Waals surface area contributed by atoms with Crippen LogP contribution in [-0.2, 0) is 6.61 Å². The highest BCUT2D eigenvalue weighted by Gasteiger charge is 2.06. The van der Waals surface area contributed by atoms with Crippen LogP contribution in [0.4, 0.5) is 5.69 Å². The Bertz CT molecular complexity index is 954. The van der Waals surface area contributed by atoms with Gasteiger partial charge in [0.15, 0.2) is 11.5 Å². The van der Waals surface area contributed by atoms with Crippen molar-refractivity contribution < 1.29 is 19.4 Å². The van der Waals surface area contributed by atoms with Gasteiger partial charge in [0.1, 0.15) is 6.61 Å². The molecule has 0 aliphatic heterocycles. The topological polar surface area (TPSA) is 80.2 Å². The van der Waals surface area contributed by atoms with Crippen LogP contribution < -0.4 is 14.9 Å². The van der Waals surface area contributed by atoms with Gasteiger partial charge in [0.25, 0.3) is 0 Å². The van der Waals surface area contributed by atoms with E-state index >= 15 is 0 Å². The molecule has 0 aromatic heterocycles. The van der Waals surface area contributed by atoms with Crippen LogP contribution in [0.2, 0.25) is 0 Å². The first-order valence-corrected chi connectivity index (χ1v) is 8.63. The molecule has 0 fully saturated rings. The molecule has 0 saturated heterocycles. The van der Waals surface area contributed by atoms with Crippen molar-refractivity contribution in [3.05, 3.63) is 89.5 Å². The van der Waals surface area contributed by atoms with Gasteiger partial charge >= 0.3 is 5.97 Å². The van der Waals surface area contributed by atoms with E-state index in [1.165, 1.54) is 12.1 Å². The number of hydrogen-bond acceptors (Lipinski definition) is 5. The number of hydrazone groups is 1. The van der Waals surface area contributed by atoms with Gasteiger partial charge in [-0.15, -0.1) is 0 Å². The van der Waals surface area contributed by atoms with Crippen molar-refractivity contribution in [3.63, 3.8) is 0 Å². The summed E-state index contributed by atoms with van der Waals surface area (Å²) < 4.78 is 11.3. The number of carboxylic acid groups (broad SMARTS) is 1. The Morgan fingerprint density at radius 3 is 2.46 bits per heavy atom. The minimum Gasteiger partial charge on any atom is -0.493 e. The number of anilines is 1. The lowest BCUT2D eigenvalue weighted by molar-refractivity contribution is 0.0697. The number of rotatable bonds is 8. The summed E-state index contributed by atoms with van der Waals surface area (Å²) in [4.78, 5) is 10.9. The Labute approximate surface area is 163 Å². The van der Waals surface area contributed by atoms with Crippen molar-refractivity contribution in [2.24, 2.45) is 5.10 Å². The van der Waals surface area contributed by atoms with Crippen molar-refractivity contribution in [2.45, 2.75) is 6.61 Å². The van der Waals surface area contributed by atoms with Gasteiger partial charge in [-0.3, -0.25) is 5.43 Å². The summed E-state index contributed by atoms with van der Waals surface area (Å²) >= 11 is 0. The number of methoxy groups -OCH3 is 1. The van der Waals surface area contributed by atoms with E-state index < -0.39 is 5.97 Å². The van der Waals surface area contributed by atoms with Gasteiger partial charge in [0, 0.05) is 0 Å². The van der Waals surface area contributed by atoms with Gasteiger partial charge in [-0.25, -0.2) is 4.79 Å². The van der Waals surface area contributed by atoms with Crippen molar-refractivity contribution in [1.29, 1.82) is 0 Å². The van der Waals surface area contributed by atoms with E-state index in [9.17, 15) is 4.79 Å². The molecule has 28 heavy (non-hydrogen) atoms. The van der Waals surface area contributed by atoms with E-state index in [4.69, 9.17) is 14.6 Å². The first-order chi connectivity index (χ1) is 13.7. The SMILES string of the molecule is COc1cc(C=NNc2ccc(C(=O)O)cc2)ccc1OCc1ccccc1. The molecular formula is C22H20N2O4. The molecule has 3 aromatic rings. The van der Waals surface area contributed by atoms with Gasteiger partial charge in [0.2, 0.25) is 0 Å². The highest BCUT2D eigenvalue weighted by Crippen LogP contribution is 2.28. The molecule has 0 aliphatic rings. The van der Waals surface area contributed by atoms with E-state index in [0.717, 1.165) is 11.1 Å². The number of nitrogens with one attached hydrogen (secondary N) is 1. The van der Waals surface area contributed by atoms with Crippen LogP contribution in [0.25, 0.3) is 0 Å². The molecule has 0 bridgehead atoms. The monoisotopic (exact) mass is 376 g/mol. The van der Waals surface area contributed by atoms with Crippen LogP contribution in [0.5, 0.6) is 11.5 Å². The standard InChI is InChI=1S/C22H20N2O4/c1-27-21-13-17(7-12-20(21)28-15-16-5-3-2-4-6-16)14-23-24-19-10-8-18(9-11-19)22(25)26/h2-14,24H,15H2,1H3,(H,25,26). The predicted octanol–water partition coefficient (Wildman–Crippen LogP) is 4.42. The summed E-state index contributed by atoms with van der Waals surface area (Å²) in [5.41, 5.74) is 5.69. The van der Waals surface area contributed by atoms with Crippen LogP contribution in [0, 0.1) is 0 Å². The smallest absolute Gasteiger partial charge is 0.335 e. The number of ether oxygens (including phenoxy) is 2. The third-order valence-corrected chi connectivity index (χ3v) is 3.96. The van der Waals surface area contributed by atoms with Gasteiger partial charge < -0.3 is 14.6 Å². The summed E-state index contributed by atoms with van der Waals surface area (Å²) in [6.07, 6.45) is 1.65. The average molecular weight is 376 g/mol. The first-order valence-electron chi connectivity index (χ1n) is 8.63. The normalized spacial score (nSPS) is 10.6. The predicted molar refractivity (Wildman–Crippen MR) is 108 cm³/mol. The molecule has 0 amide bonds. The van der Waals surface area contributed by atoms with Gasteiger partial charge in [-0.05, 0) is 53.6 Å².